The van der Waals surface area contributed by atoms with E-state index >= 15 is 0 Å². The van der Waals surface area contributed by atoms with Crippen molar-refractivity contribution in [1.82, 2.24) is 9.55 Å². The van der Waals surface area contributed by atoms with Gasteiger partial charge in [-0.05, 0) is 56.2 Å². The fourth-order valence-electron chi connectivity index (χ4n) is 3.93. The molecule has 0 aliphatic carbocycles. The molecule has 2 amide bonds. The predicted octanol–water partition coefficient (Wildman–Crippen LogP) is 5.00. The van der Waals surface area contributed by atoms with Gasteiger partial charge in [0.15, 0.2) is 0 Å². The number of anilines is 2. The van der Waals surface area contributed by atoms with E-state index in [1.165, 1.54) is 11.3 Å². The molecule has 0 spiro atoms. The fourth-order valence-corrected chi connectivity index (χ4v) is 5.01. The molecule has 0 unspecified atom stereocenters. The lowest BCUT2D eigenvalue weighted by atomic mass is 10.0. The number of hydrogen-bond acceptors (Lipinski definition) is 4. The topological polar surface area (TPSA) is 76.0 Å². The Bertz CT molecular complexity index is 1140. The van der Waals surface area contributed by atoms with Crippen molar-refractivity contribution in [2.24, 2.45) is 5.92 Å². The zero-order chi connectivity index (χ0) is 20.7. The van der Waals surface area contributed by atoms with E-state index in [9.17, 15) is 9.59 Å². The zero-order valence-corrected chi connectivity index (χ0v) is 18.1. The largest absolute Gasteiger partial charge is 0.324 e. The van der Waals surface area contributed by atoms with Crippen LogP contribution in [0, 0.1) is 26.7 Å². The molecule has 0 radical (unpaired) electrons. The lowest BCUT2D eigenvalue weighted by Gasteiger charge is -2.12. The molecule has 2 N–H and O–H groups in total. The number of rotatable bonds is 2. The van der Waals surface area contributed by atoms with Crippen molar-refractivity contribution in [2.75, 3.05) is 10.6 Å². The number of fused-ring (bicyclic) bond motifs is 2. The molecular weight excluding hydrogens is 384 g/mol. The van der Waals surface area contributed by atoms with Gasteiger partial charge in [-0.1, -0.05) is 36.5 Å². The van der Waals surface area contributed by atoms with Crippen molar-refractivity contribution in [2.45, 2.75) is 53.5 Å². The number of para-hydroxylation sites is 1. The molecule has 1 aliphatic heterocycles. The van der Waals surface area contributed by atoms with Gasteiger partial charge in [0.25, 0.3) is 5.56 Å². The van der Waals surface area contributed by atoms with Crippen LogP contribution >= 0.6 is 11.3 Å². The van der Waals surface area contributed by atoms with Crippen LogP contribution in [0.2, 0.25) is 0 Å². The van der Waals surface area contributed by atoms with Crippen LogP contribution in [-0.4, -0.2) is 15.6 Å². The van der Waals surface area contributed by atoms with Crippen LogP contribution in [0.4, 0.5) is 15.5 Å². The normalized spacial score (nSPS) is 16.3. The summed E-state index contributed by atoms with van der Waals surface area (Å²) < 4.78 is 1.83. The van der Waals surface area contributed by atoms with Crippen LogP contribution in [0.5, 0.6) is 0 Å². The van der Waals surface area contributed by atoms with E-state index in [2.05, 4.69) is 17.6 Å². The van der Waals surface area contributed by atoms with Crippen molar-refractivity contribution >= 4 is 38.3 Å². The second-order valence-corrected chi connectivity index (χ2v) is 9.00. The minimum absolute atomic E-state index is 0.0102. The summed E-state index contributed by atoms with van der Waals surface area (Å²) in [5, 5.41) is 7.14. The van der Waals surface area contributed by atoms with Crippen molar-refractivity contribution < 1.29 is 4.79 Å². The van der Waals surface area contributed by atoms with Gasteiger partial charge in [0.2, 0.25) is 0 Å². The number of carbonyl (C=O) groups excluding carboxylic acids is 1. The van der Waals surface area contributed by atoms with E-state index in [0.717, 1.165) is 47.5 Å². The molecule has 3 heterocycles. The third-order valence-corrected chi connectivity index (χ3v) is 6.88. The number of aromatic nitrogens is 2. The fraction of sp³-hybridized carbons (Fsp3) is 0.409. The smallest absolute Gasteiger partial charge is 0.307 e. The standard InChI is InChI=1S/C22H26N4O2S/c1-12-8-9-16-23-20-17(21(27)26(16)11-10-12)15(4)19(29-20)25-22(28)24-18-13(2)6-5-7-14(18)3/h5-7,12H,8-11H2,1-4H3,(H2,24,25,28)/t12-/m0/s1. The SMILES string of the molecule is Cc1cccc(C)c1NC(=O)Nc1sc2nc3n(c(=O)c2c1C)CC[C@@H](C)CC3. The van der Waals surface area contributed by atoms with E-state index in [-0.39, 0.29) is 11.6 Å². The molecule has 0 saturated heterocycles. The minimum Gasteiger partial charge on any atom is -0.307 e. The Morgan fingerprint density at radius 3 is 2.62 bits per heavy atom. The number of urea groups is 1. The van der Waals surface area contributed by atoms with Crippen LogP contribution < -0.4 is 16.2 Å². The van der Waals surface area contributed by atoms with Crippen LogP contribution in [0.15, 0.2) is 23.0 Å². The first kappa shape index (κ1) is 19.6. The van der Waals surface area contributed by atoms with E-state index in [4.69, 9.17) is 4.98 Å². The summed E-state index contributed by atoms with van der Waals surface area (Å²) in [4.78, 5) is 31.2. The molecule has 0 fully saturated rings. The Hall–Kier alpha value is -2.67. The number of carbonyl (C=O) groups is 1. The third kappa shape index (κ3) is 3.67. The summed E-state index contributed by atoms with van der Waals surface area (Å²) in [6, 6.07) is 5.58. The van der Waals surface area contributed by atoms with Crippen LogP contribution in [-0.2, 0) is 13.0 Å². The van der Waals surface area contributed by atoms with E-state index in [0.29, 0.717) is 27.7 Å². The predicted molar refractivity (Wildman–Crippen MR) is 119 cm³/mol. The number of nitrogens with zero attached hydrogens (tertiary/aromatic N) is 2. The molecular formula is C22H26N4O2S. The van der Waals surface area contributed by atoms with Gasteiger partial charge in [-0.3, -0.25) is 14.7 Å². The van der Waals surface area contributed by atoms with Gasteiger partial charge < -0.3 is 5.32 Å². The van der Waals surface area contributed by atoms with Crippen LogP contribution in [0.25, 0.3) is 10.2 Å². The lowest BCUT2D eigenvalue weighted by molar-refractivity contribution is 0.262. The Morgan fingerprint density at radius 1 is 1.17 bits per heavy atom. The number of aryl methyl sites for hydroxylation is 4. The molecule has 4 rings (SSSR count). The molecule has 0 saturated carbocycles. The van der Waals surface area contributed by atoms with Crippen molar-refractivity contribution in [3.63, 3.8) is 0 Å². The minimum atomic E-state index is -0.312. The average Bonchev–Trinajstić information content (AvgIpc) is 2.84. The highest BCUT2D eigenvalue weighted by Gasteiger charge is 2.21. The summed E-state index contributed by atoms with van der Waals surface area (Å²) in [5.74, 6) is 1.46. The van der Waals surface area contributed by atoms with Gasteiger partial charge in [-0.2, -0.15) is 0 Å². The number of hydrogen-bond donors (Lipinski definition) is 2. The molecule has 3 aromatic rings. The molecule has 29 heavy (non-hydrogen) atoms. The van der Waals surface area contributed by atoms with Crippen LogP contribution in [0.3, 0.4) is 0 Å². The highest BCUT2D eigenvalue weighted by Crippen LogP contribution is 2.33. The first-order valence-electron chi connectivity index (χ1n) is 10.0. The van der Waals surface area contributed by atoms with Gasteiger partial charge in [-0.15, -0.1) is 0 Å². The van der Waals surface area contributed by atoms with E-state index in [1.807, 2.05) is 43.5 Å². The van der Waals surface area contributed by atoms with E-state index in [1.54, 1.807) is 0 Å². The number of benzene rings is 1. The van der Waals surface area contributed by atoms with Crippen molar-refractivity contribution in [3.8, 4) is 0 Å². The van der Waals surface area contributed by atoms with E-state index < -0.39 is 0 Å². The molecule has 1 atom stereocenters. The second kappa shape index (κ2) is 7.63. The first-order chi connectivity index (χ1) is 13.8. The highest BCUT2D eigenvalue weighted by atomic mass is 32.1. The summed E-state index contributed by atoms with van der Waals surface area (Å²) in [6.45, 7) is 8.74. The summed E-state index contributed by atoms with van der Waals surface area (Å²) >= 11 is 1.37. The van der Waals surface area contributed by atoms with Gasteiger partial charge in [-0.25, -0.2) is 9.78 Å². The molecule has 152 valence electrons. The molecule has 7 heteroatoms. The molecule has 1 aromatic carbocycles. The van der Waals surface area contributed by atoms with Gasteiger partial charge in [0.05, 0.1) is 5.39 Å². The molecule has 6 nitrogen and oxygen atoms in total. The summed E-state index contributed by atoms with van der Waals surface area (Å²) in [7, 11) is 0. The van der Waals surface area contributed by atoms with Crippen molar-refractivity contribution in [3.05, 3.63) is 51.1 Å². The number of nitrogens with one attached hydrogen (secondary N) is 2. The average molecular weight is 411 g/mol. The second-order valence-electron chi connectivity index (χ2n) is 8.00. The number of thiophene rings is 1. The Kier molecular flexibility index (Phi) is 5.17. The lowest BCUT2D eigenvalue weighted by Crippen LogP contribution is -2.24. The van der Waals surface area contributed by atoms with Gasteiger partial charge in [0, 0.05) is 18.7 Å². The maximum atomic E-state index is 13.1. The van der Waals surface area contributed by atoms with Gasteiger partial charge in [0.1, 0.15) is 15.7 Å². The third-order valence-electron chi connectivity index (χ3n) is 5.78. The molecule has 0 bridgehead atoms. The Balaban J connectivity index is 1.65. The van der Waals surface area contributed by atoms with Gasteiger partial charge >= 0.3 is 6.03 Å². The molecule has 2 aromatic heterocycles. The molecule has 1 aliphatic rings. The highest BCUT2D eigenvalue weighted by molar-refractivity contribution is 7.22. The Morgan fingerprint density at radius 2 is 1.90 bits per heavy atom. The maximum absolute atomic E-state index is 13.1. The first-order valence-corrected chi connectivity index (χ1v) is 10.8. The van der Waals surface area contributed by atoms with Crippen molar-refractivity contribution in [1.29, 1.82) is 0 Å². The maximum Gasteiger partial charge on any atom is 0.324 e. The summed E-state index contributed by atoms with van der Waals surface area (Å²) in [5.41, 5.74) is 3.61. The summed E-state index contributed by atoms with van der Waals surface area (Å²) in [6.07, 6.45) is 2.86. The zero-order valence-electron chi connectivity index (χ0n) is 17.3. The quantitative estimate of drug-likeness (QED) is 0.624. The monoisotopic (exact) mass is 410 g/mol. The van der Waals surface area contributed by atoms with Crippen LogP contribution in [0.1, 0.15) is 42.3 Å². The number of amides is 2. The Labute approximate surface area is 174 Å².